The van der Waals surface area contributed by atoms with E-state index in [-0.39, 0.29) is 13.2 Å². The Hall–Kier alpha value is -1.39. The molecule has 16 heavy (non-hydrogen) atoms. The van der Waals surface area contributed by atoms with Crippen molar-refractivity contribution in [2.75, 3.05) is 13.2 Å². The molecule has 0 bridgehead atoms. The van der Waals surface area contributed by atoms with Gasteiger partial charge in [0, 0.05) is 0 Å². The van der Waals surface area contributed by atoms with Crippen LogP contribution in [-0.4, -0.2) is 35.5 Å². The minimum Gasteiger partial charge on any atom is -0.479 e. The van der Waals surface area contributed by atoms with E-state index in [0.717, 1.165) is 5.56 Å². The molecule has 0 aliphatic heterocycles. The van der Waals surface area contributed by atoms with Crippen molar-refractivity contribution >= 4 is 5.97 Å². The van der Waals surface area contributed by atoms with E-state index in [1.165, 1.54) is 0 Å². The van der Waals surface area contributed by atoms with Gasteiger partial charge in [-0.3, -0.25) is 0 Å². The smallest absolute Gasteiger partial charge is 0.332 e. The Kier molecular flexibility index (Phi) is 5.53. The maximum Gasteiger partial charge on any atom is 0.332 e. The van der Waals surface area contributed by atoms with E-state index in [0.29, 0.717) is 12.8 Å². The zero-order valence-electron chi connectivity index (χ0n) is 9.00. The van der Waals surface area contributed by atoms with Gasteiger partial charge in [0.2, 0.25) is 0 Å². The molecule has 0 saturated carbocycles. The number of carboxylic acids is 1. The molecule has 2 N–H and O–H groups in total. The van der Waals surface area contributed by atoms with E-state index in [1.54, 1.807) is 0 Å². The second kappa shape index (κ2) is 6.98. The summed E-state index contributed by atoms with van der Waals surface area (Å²) in [5.74, 6) is -0.982. The van der Waals surface area contributed by atoms with E-state index < -0.39 is 12.1 Å². The van der Waals surface area contributed by atoms with Gasteiger partial charge in [0.25, 0.3) is 0 Å². The first-order chi connectivity index (χ1) is 7.74. The fraction of sp³-hybridized carbons (Fsp3) is 0.417. The number of carbonyl (C=O) groups is 1. The molecule has 0 aliphatic rings. The molecule has 1 rings (SSSR count). The Bertz CT molecular complexity index is 310. The van der Waals surface area contributed by atoms with Crippen molar-refractivity contribution in [1.82, 2.24) is 0 Å². The number of hydrogen-bond donors (Lipinski definition) is 2. The average molecular weight is 224 g/mol. The van der Waals surface area contributed by atoms with Gasteiger partial charge in [-0.2, -0.15) is 0 Å². The van der Waals surface area contributed by atoms with Crippen LogP contribution in [0.5, 0.6) is 0 Å². The molecule has 0 aromatic heterocycles. The van der Waals surface area contributed by atoms with Crippen molar-refractivity contribution in [1.29, 1.82) is 0 Å². The van der Waals surface area contributed by atoms with Gasteiger partial charge < -0.3 is 14.9 Å². The highest BCUT2D eigenvalue weighted by atomic mass is 16.5. The van der Waals surface area contributed by atoms with Gasteiger partial charge in [-0.25, -0.2) is 4.79 Å². The molecule has 0 saturated heterocycles. The van der Waals surface area contributed by atoms with Crippen LogP contribution in [0, 0.1) is 0 Å². The maximum atomic E-state index is 10.8. The Balaban J connectivity index is 2.41. The fourth-order valence-electron chi connectivity index (χ4n) is 1.42. The predicted octanol–water partition coefficient (Wildman–Crippen LogP) is 1.08. The monoisotopic (exact) mass is 224 g/mol. The highest BCUT2D eigenvalue weighted by Gasteiger charge is 2.17. The van der Waals surface area contributed by atoms with Crippen LogP contribution >= 0.6 is 0 Å². The van der Waals surface area contributed by atoms with Crippen LogP contribution < -0.4 is 0 Å². The summed E-state index contributed by atoms with van der Waals surface area (Å²) in [6, 6.07) is 9.65. The van der Waals surface area contributed by atoms with Gasteiger partial charge in [0.05, 0.1) is 13.2 Å². The van der Waals surface area contributed by atoms with E-state index in [9.17, 15) is 4.79 Å². The number of aryl methyl sites for hydroxylation is 1. The average Bonchev–Trinajstić information content (AvgIpc) is 2.30. The van der Waals surface area contributed by atoms with Crippen molar-refractivity contribution in [3.8, 4) is 0 Å². The van der Waals surface area contributed by atoms with Crippen LogP contribution in [0.2, 0.25) is 0 Å². The molecular formula is C12H16O4. The highest BCUT2D eigenvalue weighted by molar-refractivity contribution is 5.72. The number of rotatable bonds is 7. The highest BCUT2D eigenvalue weighted by Crippen LogP contribution is 2.07. The topological polar surface area (TPSA) is 66.8 Å². The van der Waals surface area contributed by atoms with Gasteiger partial charge >= 0.3 is 5.97 Å². The third-order valence-corrected chi connectivity index (χ3v) is 2.22. The molecule has 4 nitrogen and oxygen atoms in total. The largest absolute Gasteiger partial charge is 0.479 e. The zero-order chi connectivity index (χ0) is 11.8. The molecule has 0 fully saturated rings. The molecule has 0 radical (unpaired) electrons. The van der Waals surface area contributed by atoms with Gasteiger partial charge in [-0.15, -0.1) is 0 Å². The SMILES string of the molecule is O=C(O)C(CCc1ccccc1)OCCO. The summed E-state index contributed by atoms with van der Waals surface area (Å²) in [5, 5.41) is 17.4. The molecule has 88 valence electrons. The first kappa shape index (κ1) is 12.7. The molecular weight excluding hydrogens is 208 g/mol. The molecule has 0 heterocycles. The zero-order valence-corrected chi connectivity index (χ0v) is 9.00. The minimum atomic E-state index is -0.982. The number of aliphatic hydroxyl groups excluding tert-OH is 1. The molecule has 1 aromatic rings. The summed E-state index contributed by atoms with van der Waals surface area (Å²) in [7, 11) is 0. The molecule has 0 amide bonds. The lowest BCUT2D eigenvalue weighted by Crippen LogP contribution is -2.25. The Morgan fingerprint density at radius 3 is 2.56 bits per heavy atom. The predicted molar refractivity (Wildman–Crippen MR) is 59.2 cm³/mol. The Morgan fingerprint density at radius 2 is 2.00 bits per heavy atom. The van der Waals surface area contributed by atoms with Crippen molar-refractivity contribution in [3.05, 3.63) is 35.9 Å². The van der Waals surface area contributed by atoms with Crippen molar-refractivity contribution in [2.45, 2.75) is 18.9 Å². The number of ether oxygens (including phenoxy) is 1. The lowest BCUT2D eigenvalue weighted by Gasteiger charge is -2.12. The van der Waals surface area contributed by atoms with Crippen molar-refractivity contribution in [2.24, 2.45) is 0 Å². The Morgan fingerprint density at radius 1 is 1.31 bits per heavy atom. The molecule has 4 heteroatoms. The number of carboxylic acid groups (broad SMARTS) is 1. The molecule has 1 atom stereocenters. The van der Waals surface area contributed by atoms with Crippen molar-refractivity contribution in [3.63, 3.8) is 0 Å². The molecule has 1 unspecified atom stereocenters. The summed E-state index contributed by atoms with van der Waals surface area (Å²) in [6.07, 6.45) is 0.232. The number of aliphatic carboxylic acids is 1. The maximum absolute atomic E-state index is 10.8. The number of benzene rings is 1. The third-order valence-electron chi connectivity index (χ3n) is 2.22. The van der Waals surface area contributed by atoms with Crippen LogP contribution in [0.15, 0.2) is 30.3 Å². The van der Waals surface area contributed by atoms with Gasteiger partial charge in [0.1, 0.15) is 0 Å². The lowest BCUT2D eigenvalue weighted by molar-refractivity contribution is -0.151. The normalized spacial score (nSPS) is 12.3. The first-order valence-corrected chi connectivity index (χ1v) is 5.23. The van der Waals surface area contributed by atoms with Crippen LogP contribution in [0.3, 0.4) is 0 Å². The first-order valence-electron chi connectivity index (χ1n) is 5.23. The standard InChI is InChI=1S/C12H16O4/c13-8-9-16-11(12(14)15)7-6-10-4-2-1-3-5-10/h1-5,11,13H,6-9H2,(H,14,15). The van der Waals surface area contributed by atoms with E-state index >= 15 is 0 Å². The summed E-state index contributed by atoms with van der Waals surface area (Å²) >= 11 is 0. The second-order valence-electron chi connectivity index (χ2n) is 3.45. The Labute approximate surface area is 94.5 Å². The van der Waals surface area contributed by atoms with E-state index in [2.05, 4.69) is 0 Å². The third kappa shape index (κ3) is 4.42. The summed E-state index contributed by atoms with van der Waals surface area (Å²) in [5.41, 5.74) is 1.08. The second-order valence-corrected chi connectivity index (χ2v) is 3.45. The lowest BCUT2D eigenvalue weighted by atomic mass is 10.1. The van der Waals surface area contributed by atoms with E-state index in [4.69, 9.17) is 14.9 Å². The quantitative estimate of drug-likeness (QED) is 0.727. The molecule has 0 aliphatic carbocycles. The van der Waals surface area contributed by atoms with Crippen LogP contribution in [0.1, 0.15) is 12.0 Å². The molecule has 1 aromatic carbocycles. The fourth-order valence-corrected chi connectivity index (χ4v) is 1.42. The number of hydrogen-bond acceptors (Lipinski definition) is 3. The van der Waals surface area contributed by atoms with Crippen molar-refractivity contribution < 1.29 is 19.7 Å². The van der Waals surface area contributed by atoms with E-state index in [1.807, 2.05) is 30.3 Å². The summed E-state index contributed by atoms with van der Waals surface area (Å²) < 4.78 is 5.02. The van der Waals surface area contributed by atoms with Crippen LogP contribution in [0.25, 0.3) is 0 Å². The minimum absolute atomic E-state index is 0.0613. The van der Waals surface area contributed by atoms with Gasteiger partial charge in [-0.05, 0) is 18.4 Å². The summed E-state index contributed by atoms with van der Waals surface area (Å²) in [4.78, 5) is 10.8. The number of aliphatic hydroxyl groups is 1. The molecule has 0 spiro atoms. The van der Waals surface area contributed by atoms with Crippen LogP contribution in [0.4, 0.5) is 0 Å². The summed E-state index contributed by atoms with van der Waals surface area (Å²) in [6.45, 7) is -0.0964. The van der Waals surface area contributed by atoms with Gasteiger partial charge in [0.15, 0.2) is 6.10 Å². The van der Waals surface area contributed by atoms with Crippen LogP contribution in [-0.2, 0) is 16.0 Å². The van der Waals surface area contributed by atoms with Gasteiger partial charge in [-0.1, -0.05) is 30.3 Å².